The lowest BCUT2D eigenvalue weighted by atomic mass is 9.83. The Morgan fingerprint density at radius 3 is 2.67 bits per heavy atom. The summed E-state index contributed by atoms with van der Waals surface area (Å²) in [6.45, 7) is 2.91. The second-order valence-electron chi connectivity index (χ2n) is 4.69. The minimum absolute atomic E-state index is 0.00711. The summed E-state index contributed by atoms with van der Waals surface area (Å²) in [5.74, 6) is -1.24. The van der Waals surface area contributed by atoms with Crippen molar-refractivity contribution in [3.63, 3.8) is 0 Å². The zero-order valence-corrected chi connectivity index (χ0v) is 10.7. The van der Waals surface area contributed by atoms with Crippen LogP contribution in [-0.4, -0.2) is 44.0 Å². The van der Waals surface area contributed by atoms with Gasteiger partial charge in [0.05, 0.1) is 32.7 Å². The van der Waals surface area contributed by atoms with Gasteiger partial charge in [-0.2, -0.15) is 0 Å². The highest BCUT2D eigenvalue weighted by molar-refractivity contribution is 5.85. The number of esters is 1. The van der Waals surface area contributed by atoms with Crippen LogP contribution in [0.2, 0.25) is 0 Å². The van der Waals surface area contributed by atoms with E-state index in [2.05, 4.69) is 10.1 Å². The molecule has 0 aliphatic carbocycles. The van der Waals surface area contributed by atoms with E-state index in [1.165, 1.54) is 7.11 Å². The Kier molecular flexibility index (Phi) is 3.87. The molecule has 0 spiro atoms. The maximum atomic E-state index is 11.4. The Bertz CT molecular complexity index is 337. The molecular formula is C12H19NO5. The number of carbonyl (C=O) groups is 2. The number of hydrogen-bond donors (Lipinski definition) is 1. The standard InChI is InChI=1S/C12H19NO5/c1-3-8-9(13-11(8)15)6-12(7-10(14)16-2)17-4-5-18-12/h8-9H,3-7H2,1-2H3,(H,13,15)/t8?,9-/m1/s1. The van der Waals surface area contributed by atoms with Gasteiger partial charge in [0.25, 0.3) is 0 Å². The number of methoxy groups -OCH3 is 1. The van der Waals surface area contributed by atoms with Crippen LogP contribution in [0.15, 0.2) is 0 Å². The molecule has 0 aromatic heterocycles. The van der Waals surface area contributed by atoms with Crippen molar-refractivity contribution >= 4 is 11.9 Å². The summed E-state index contributed by atoms with van der Waals surface area (Å²) >= 11 is 0. The summed E-state index contributed by atoms with van der Waals surface area (Å²) in [5.41, 5.74) is 0. The van der Waals surface area contributed by atoms with E-state index in [9.17, 15) is 9.59 Å². The Labute approximate surface area is 106 Å². The van der Waals surface area contributed by atoms with E-state index in [1.807, 2.05) is 6.92 Å². The van der Waals surface area contributed by atoms with Gasteiger partial charge in [0, 0.05) is 12.5 Å². The van der Waals surface area contributed by atoms with Gasteiger partial charge in [-0.05, 0) is 6.42 Å². The second kappa shape index (κ2) is 5.24. The summed E-state index contributed by atoms with van der Waals surface area (Å²) in [5, 5.41) is 2.84. The van der Waals surface area contributed by atoms with E-state index < -0.39 is 5.79 Å². The van der Waals surface area contributed by atoms with Gasteiger partial charge in [0.15, 0.2) is 5.79 Å². The molecule has 2 saturated heterocycles. The van der Waals surface area contributed by atoms with Crippen molar-refractivity contribution in [2.75, 3.05) is 20.3 Å². The number of amides is 1. The van der Waals surface area contributed by atoms with E-state index in [4.69, 9.17) is 9.47 Å². The van der Waals surface area contributed by atoms with Gasteiger partial charge in [-0.1, -0.05) is 6.92 Å². The predicted octanol–water partition coefficient (Wildman–Crippen LogP) is 0.207. The molecule has 2 fully saturated rings. The smallest absolute Gasteiger partial charge is 0.310 e. The van der Waals surface area contributed by atoms with Gasteiger partial charge in [0.2, 0.25) is 5.91 Å². The lowest BCUT2D eigenvalue weighted by Gasteiger charge is -2.40. The number of β-lactam (4-membered cyclic amide) rings is 1. The molecule has 2 atom stereocenters. The first-order chi connectivity index (χ1) is 8.60. The minimum Gasteiger partial charge on any atom is -0.469 e. The molecule has 0 aromatic carbocycles. The first-order valence-corrected chi connectivity index (χ1v) is 6.25. The molecule has 2 aliphatic rings. The summed E-state index contributed by atoms with van der Waals surface area (Å²) < 4.78 is 15.8. The fraction of sp³-hybridized carbons (Fsp3) is 0.833. The quantitative estimate of drug-likeness (QED) is 0.563. The van der Waals surface area contributed by atoms with Crippen molar-refractivity contribution in [2.45, 2.75) is 38.0 Å². The van der Waals surface area contributed by atoms with Crippen LogP contribution in [0.1, 0.15) is 26.2 Å². The van der Waals surface area contributed by atoms with Crippen molar-refractivity contribution in [3.8, 4) is 0 Å². The molecule has 1 N–H and O–H groups in total. The first kappa shape index (κ1) is 13.3. The van der Waals surface area contributed by atoms with E-state index >= 15 is 0 Å². The molecule has 0 bridgehead atoms. The topological polar surface area (TPSA) is 73.9 Å². The zero-order chi connectivity index (χ0) is 13.2. The number of rotatable bonds is 5. The molecule has 2 aliphatic heterocycles. The fourth-order valence-corrected chi connectivity index (χ4v) is 2.56. The number of hydrogen-bond acceptors (Lipinski definition) is 5. The van der Waals surface area contributed by atoms with Crippen LogP contribution in [0.25, 0.3) is 0 Å². The molecule has 2 heterocycles. The van der Waals surface area contributed by atoms with Crippen LogP contribution in [0.5, 0.6) is 0 Å². The van der Waals surface area contributed by atoms with Crippen molar-refractivity contribution in [1.82, 2.24) is 5.32 Å². The van der Waals surface area contributed by atoms with Crippen LogP contribution in [0.4, 0.5) is 0 Å². The molecule has 0 radical (unpaired) electrons. The van der Waals surface area contributed by atoms with Crippen LogP contribution in [-0.2, 0) is 23.8 Å². The monoisotopic (exact) mass is 257 g/mol. The van der Waals surface area contributed by atoms with Crippen molar-refractivity contribution in [3.05, 3.63) is 0 Å². The van der Waals surface area contributed by atoms with Gasteiger partial charge in [-0.3, -0.25) is 9.59 Å². The average molecular weight is 257 g/mol. The number of ether oxygens (including phenoxy) is 3. The summed E-state index contributed by atoms with van der Waals surface area (Å²) in [6.07, 6.45) is 1.34. The fourth-order valence-electron chi connectivity index (χ4n) is 2.56. The van der Waals surface area contributed by atoms with E-state index in [1.54, 1.807) is 0 Å². The SMILES string of the molecule is CCC1C(=O)N[C@@H]1CC1(CC(=O)OC)OCCO1. The maximum Gasteiger partial charge on any atom is 0.310 e. The third-order valence-corrected chi connectivity index (χ3v) is 3.58. The molecular weight excluding hydrogens is 238 g/mol. The van der Waals surface area contributed by atoms with Crippen LogP contribution in [0.3, 0.4) is 0 Å². The van der Waals surface area contributed by atoms with Crippen LogP contribution >= 0.6 is 0 Å². The van der Waals surface area contributed by atoms with Crippen molar-refractivity contribution < 1.29 is 23.8 Å². The van der Waals surface area contributed by atoms with Crippen molar-refractivity contribution in [1.29, 1.82) is 0 Å². The van der Waals surface area contributed by atoms with Crippen molar-refractivity contribution in [2.24, 2.45) is 5.92 Å². The summed E-state index contributed by atoms with van der Waals surface area (Å²) in [6, 6.07) is 0.0188. The first-order valence-electron chi connectivity index (χ1n) is 6.25. The lowest BCUT2D eigenvalue weighted by Crippen LogP contribution is -2.60. The van der Waals surface area contributed by atoms with Crippen LogP contribution < -0.4 is 5.32 Å². The van der Waals surface area contributed by atoms with Gasteiger partial charge in [-0.25, -0.2) is 0 Å². The molecule has 0 saturated carbocycles. The normalized spacial score (nSPS) is 29.6. The molecule has 1 unspecified atom stereocenters. The zero-order valence-electron chi connectivity index (χ0n) is 10.7. The Morgan fingerprint density at radius 1 is 1.50 bits per heavy atom. The highest BCUT2D eigenvalue weighted by Gasteiger charge is 2.47. The molecule has 102 valence electrons. The molecule has 1 amide bonds. The molecule has 6 nitrogen and oxygen atoms in total. The van der Waals surface area contributed by atoms with Gasteiger partial charge >= 0.3 is 5.97 Å². The summed E-state index contributed by atoms with van der Waals surface area (Å²) in [4.78, 5) is 22.8. The highest BCUT2D eigenvalue weighted by Crippen LogP contribution is 2.34. The largest absolute Gasteiger partial charge is 0.469 e. The third-order valence-electron chi connectivity index (χ3n) is 3.58. The number of carbonyl (C=O) groups excluding carboxylic acids is 2. The maximum absolute atomic E-state index is 11.4. The van der Waals surface area contributed by atoms with E-state index in [0.717, 1.165) is 6.42 Å². The summed E-state index contributed by atoms with van der Waals surface area (Å²) in [7, 11) is 1.34. The van der Waals surface area contributed by atoms with E-state index in [0.29, 0.717) is 19.6 Å². The average Bonchev–Trinajstić information content (AvgIpc) is 2.77. The van der Waals surface area contributed by atoms with Gasteiger partial charge in [-0.15, -0.1) is 0 Å². The van der Waals surface area contributed by atoms with Gasteiger partial charge < -0.3 is 19.5 Å². The second-order valence-corrected chi connectivity index (χ2v) is 4.69. The Balaban J connectivity index is 1.98. The minimum atomic E-state index is -0.932. The van der Waals surface area contributed by atoms with Crippen LogP contribution in [0, 0.1) is 5.92 Å². The number of nitrogens with one attached hydrogen (secondary N) is 1. The molecule has 6 heteroatoms. The molecule has 0 aromatic rings. The highest BCUT2D eigenvalue weighted by atomic mass is 16.7. The Hall–Kier alpha value is -1.14. The van der Waals surface area contributed by atoms with Gasteiger partial charge in [0.1, 0.15) is 0 Å². The van der Waals surface area contributed by atoms with E-state index in [-0.39, 0.29) is 30.3 Å². The Morgan fingerprint density at radius 2 is 2.17 bits per heavy atom. The third kappa shape index (κ3) is 2.49. The predicted molar refractivity (Wildman–Crippen MR) is 61.6 cm³/mol. The molecule has 18 heavy (non-hydrogen) atoms. The molecule has 2 rings (SSSR count). The lowest BCUT2D eigenvalue weighted by molar-refractivity contribution is -0.191.